The molecule has 1 unspecified atom stereocenters. The minimum Gasteiger partial charge on any atom is -0.394 e. The molecule has 0 radical (unpaired) electrons. The smallest absolute Gasteiger partial charge is 0.187 e. The Morgan fingerprint density at radius 3 is 0.893 bits per heavy atom. The van der Waals surface area contributed by atoms with Gasteiger partial charge in [0.1, 0.15) is 122 Å². The van der Waals surface area contributed by atoms with Crippen LogP contribution in [0.5, 0.6) is 0 Å². The van der Waals surface area contributed by atoms with Crippen molar-refractivity contribution in [3.63, 3.8) is 0 Å². The van der Waals surface area contributed by atoms with Gasteiger partial charge in [-0.1, -0.05) is 0 Å². The lowest BCUT2D eigenvalue weighted by Crippen LogP contribution is -2.68. The normalized spacial score (nSPS) is 53.2. The molecular weight excluding hydrogens is 776 g/mol. The molecule has 5 aliphatic heterocycles. The highest BCUT2D eigenvalue weighted by atomic mass is 16.8. The van der Waals surface area contributed by atoms with Gasteiger partial charge in [-0.2, -0.15) is 0 Å². The minimum absolute atomic E-state index is 0.809. The summed E-state index contributed by atoms with van der Waals surface area (Å²) in [6.07, 6.45) is -45.9. The lowest BCUT2D eigenvalue weighted by molar-refractivity contribution is -0.393. The maximum atomic E-state index is 11.1. The summed E-state index contributed by atoms with van der Waals surface area (Å²) < 4.78 is 48.9. The summed E-state index contributed by atoms with van der Waals surface area (Å²) in [5.74, 6) is 0. The van der Waals surface area contributed by atoms with E-state index in [0.29, 0.717) is 0 Å². The third-order valence-electron chi connectivity index (χ3n) is 10.3. The highest BCUT2D eigenvalue weighted by Crippen LogP contribution is 2.35. The van der Waals surface area contributed by atoms with E-state index < -0.39 is 187 Å². The van der Waals surface area contributed by atoms with Gasteiger partial charge in [-0.15, -0.1) is 0 Å². The molecule has 0 aliphatic carbocycles. The van der Waals surface area contributed by atoms with E-state index in [0.717, 1.165) is 0 Å². The largest absolute Gasteiger partial charge is 0.394 e. The third-order valence-corrected chi connectivity index (χ3v) is 10.3. The summed E-state index contributed by atoms with van der Waals surface area (Å²) in [5, 5.41) is 176. The molecule has 17 N–H and O–H groups in total. The molecule has 5 aliphatic rings. The first-order valence-corrected chi connectivity index (χ1v) is 17.6. The van der Waals surface area contributed by atoms with E-state index in [2.05, 4.69) is 0 Å². The summed E-state index contributed by atoms with van der Waals surface area (Å²) in [6.45, 7) is -4.49. The molecule has 0 aromatic carbocycles. The van der Waals surface area contributed by atoms with Gasteiger partial charge in [-0.05, 0) is 0 Å². The van der Waals surface area contributed by atoms with Crippen LogP contribution in [0, 0.1) is 0 Å². The fourth-order valence-corrected chi connectivity index (χ4v) is 7.03. The number of hydrogen-bond acceptors (Lipinski definition) is 26. The fraction of sp³-hybridized carbons (Fsp3) is 1.00. The molecule has 5 heterocycles. The first kappa shape index (κ1) is 46.0. The van der Waals surface area contributed by atoms with E-state index in [9.17, 15) is 86.8 Å². The van der Waals surface area contributed by atoms with Crippen LogP contribution in [-0.2, 0) is 42.6 Å². The van der Waals surface area contributed by atoms with E-state index in [-0.39, 0.29) is 0 Å². The lowest BCUT2D eigenvalue weighted by atomic mass is 9.95. The molecule has 0 spiro atoms. The highest BCUT2D eigenvalue weighted by Gasteiger charge is 2.56. The minimum atomic E-state index is -2.12. The van der Waals surface area contributed by atoms with Crippen molar-refractivity contribution in [1.29, 1.82) is 0 Å². The molecule has 5 fully saturated rings. The van der Waals surface area contributed by atoms with Crippen molar-refractivity contribution in [2.24, 2.45) is 0 Å². The van der Waals surface area contributed by atoms with Gasteiger partial charge >= 0.3 is 0 Å². The molecule has 0 aromatic heterocycles. The Kier molecular flexibility index (Phi) is 16.1. The number of aliphatic hydroxyl groups is 17. The predicted octanol–water partition coefficient (Wildman–Crippen LogP) is -11.9. The van der Waals surface area contributed by atoms with E-state index in [1.165, 1.54) is 0 Å². The first-order valence-electron chi connectivity index (χ1n) is 17.6. The highest BCUT2D eigenvalue weighted by molar-refractivity contribution is 4.99. The second-order valence-corrected chi connectivity index (χ2v) is 13.9. The van der Waals surface area contributed by atoms with Gasteiger partial charge in [0.05, 0.1) is 33.0 Å². The predicted molar refractivity (Wildman–Crippen MR) is 167 cm³/mol. The SMILES string of the molecule is OC[C@H]1O[C@@H](O[C@H]2[C@H](O)[C@@H](O)[C@H](O[C@H]3[C@H](O)[C@@H](O)[C@H](O[C@H]4[C@H](O)[C@@H](O)[C@H](O[C@H]5[C@H](O)[C@@H](CO)OC(O)[C@@H]5O)O[C@@H]4CO)O[C@@H]3CO)O[C@@H]2CO)[C@H](O)[C@@H](O)[C@@H]1O. The molecule has 56 heavy (non-hydrogen) atoms. The molecule has 0 saturated carbocycles. The second-order valence-electron chi connectivity index (χ2n) is 13.9. The van der Waals surface area contributed by atoms with Crippen molar-refractivity contribution < 1.29 is 129 Å². The van der Waals surface area contributed by atoms with Crippen LogP contribution in [0.15, 0.2) is 0 Å². The van der Waals surface area contributed by atoms with Crippen molar-refractivity contribution >= 4 is 0 Å². The van der Waals surface area contributed by atoms with Gasteiger partial charge < -0.3 is 129 Å². The molecule has 26 nitrogen and oxygen atoms in total. The summed E-state index contributed by atoms with van der Waals surface area (Å²) in [5.41, 5.74) is 0. The standard InChI is InChI=1S/C30H52O26/c31-1-6-11(36)13(38)17(42)27(49-6)53-22-8(3-33)50-28(18(43)14(22)39)54-23-9(4-34)51-29(19(44)15(23)40)55-24-10(5-35)52-30(20(45)16(24)41)56-25-12(37)7(2-32)48-26(47)21(25)46/h6-47H,1-5H2/t6-,7-,8-,9-,10-,11-,12-,13+,14-,15-,16-,17-,18-,19-,20-,21-,22-,23-,24-,25+,26?,27+,28+,29+,30+/m1/s1. The number of aliphatic hydroxyl groups excluding tert-OH is 17. The Morgan fingerprint density at radius 1 is 0.268 bits per heavy atom. The quantitative estimate of drug-likeness (QED) is 0.0819. The topological polar surface area (TPSA) is 427 Å². The fourth-order valence-electron chi connectivity index (χ4n) is 7.03. The lowest BCUT2D eigenvalue weighted by Gasteiger charge is -2.49. The number of hydrogen-bond donors (Lipinski definition) is 17. The van der Waals surface area contributed by atoms with Gasteiger partial charge in [-0.25, -0.2) is 0 Å². The molecule has 26 heteroatoms. The number of rotatable bonds is 13. The van der Waals surface area contributed by atoms with Crippen molar-refractivity contribution in [2.75, 3.05) is 33.0 Å². The van der Waals surface area contributed by atoms with Crippen LogP contribution in [0.4, 0.5) is 0 Å². The van der Waals surface area contributed by atoms with Crippen LogP contribution in [0.1, 0.15) is 0 Å². The zero-order chi connectivity index (χ0) is 41.3. The van der Waals surface area contributed by atoms with Gasteiger partial charge in [0.15, 0.2) is 31.5 Å². The Hall–Kier alpha value is -1.04. The molecule has 5 rings (SSSR count). The van der Waals surface area contributed by atoms with Crippen molar-refractivity contribution in [1.82, 2.24) is 0 Å². The molecule has 0 aromatic rings. The zero-order valence-corrected chi connectivity index (χ0v) is 29.2. The van der Waals surface area contributed by atoms with E-state index in [1.807, 2.05) is 0 Å². The molecule has 0 amide bonds. The molecule has 25 atom stereocenters. The van der Waals surface area contributed by atoms with Gasteiger partial charge in [0.2, 0.25) is 0 Å². The summed E-state index contributed by atoms with van der Waals surface area (Å²) in [6, 6.07) is 0. The van der Waals surface area contributed by atoms with Crippen molar-refractivity contribution in [2.45, 2.75) is 154 Å². The second kappa shape index (κ2) is 19.6. The summed E-state index contributed by atoms with van der Waals surface area (Å²) in [4.78, 5) is 0. The van der Waals surface area contributed by atoms with Gasteiger partial charge in [-0.3, -0.25) is 0 Å². The van der Waals surface area contributed by atoms with Crippen LogP contribution in [0.25, 0.3) is 0 Å². The zero-order valence-electron chi connectivity index (χ0n) is 29.2. The first-order chi connectivity index (χ1) is 26.5. The Labute approximate surface area is 316 Å². The average Bonchev–Trinajstić information content (AvgIpc) is 3.19. The maximum absolute atomic E-state index is 11.1. The van der Waals surface area contributed by atoms with E-state index >= 15 is 0 Å². The monoisotopic (exact) mass is 828 g/mol. The molecule has 0 bridgehead atoms. The number of ether oxygens (including phenoxy) is 9. The van der Waals surface area contributed by atoms with Crippen LogP contribution < -0.4 is 0 Å². The Bertz CT molecular complexity index is 1200. The van der Waals surface area contributed by atoms with Crippen LogP contribution >= 0.6 is 0 Å². The third kappa shape index (κ3) is 9.16. The molecule has 328 valence electrons. The Balaban J connectivity index is 1.22. The maximum Gasteiger partial charge on any atom is 0.187 e. The van der Waals surface area contributed by atoms with Crippen molar-refractivity contribution in [3.05, 3.63) is 0 Å². The van der Waals surface area contributed by atoms with Gasteiger partial charge in [0, 0.05) is 0 Å². The molecular formula is C30H52O26. The Morgan fingerprint density at radius 2 is 0.554 bits per heavy atom. The van der Waals surface area contributed by atoms with Crippen LogP contribution in [-0.4, -0.2) is 273 Å². The van der Waals surface area contributed by atoms with Crippen molar-refractivity contribution in [3.8, 4) is 0 Å². The van der Waals surface area contributed by atoms with E-state index in [1.54, 1.807) is 0 Å². The van der Waals surface area contributed by atoms with Crippen LogP contribution in [0.2, 0.25) is 0 Å². The molecule has 5 saturated heterocycles. The van der Waals surface area contributed by atoms with E-state index in [4.69, 9.17) is 42.6 Å². The summed E-state index contributed by atoms with van der Waals surface area (Å²) in [7, 11) is 0. The van der Waals surface area contributed by atoms with Gasteiger partial charge in [0.25, 0.3) is 0 Å². The average molecular weight is 829 g/mol. The summed E-state index contributed by atoms with van der Waals surface area (Å²) >= 11 is 0. The van der Waals surface area contributed by atoms with Crippen LogP contribution in [0.3, 0.4) is 0 Å².